The molecule has 2 nitrogen and oxygen atoms in total. The first-order chi connectivity index (χ1) is 27.7. The van der Waals surface area contributed by atoms with E-state index >= 15 is 0 Å². The van der Waals surface area contributed by atoms with Gasteiger partial charge in [-0.05, 0) is 25.2 Å². The summed E-state index contributed by atoms with van der Waals surface area (Å²) in [6, 6.07) is 0. The molecule has 0 saturated carbocycles. The number of hydrogen-bond acceptors (Lipinski definition) is 2. The second-order valence-corrected chi connectivity index (χ2v) is 18.7. The normalized spacial score (nSPS) is 12.1. The molecule has 0 aliphatic carbocycles. The van der Waals surface area contributed by atoms with Crippen LogP contribution in [0.2, 0.25) is 0 Å². The minimum absolute atomic E-state index is 0.0672. The molecule has 0 fully saturated rings. The molecule has 0 heterocycles. The van der Waals surface area contributed by atoms with Gasteiger partial charge in [0.1, 0.15) is 0 Å². The summed E-state index contributed by atoms with van der Waals surface area (Å²) in [7, 11) is 0. The maximum absolute atomic E-state index is 12.7. The van der Waals surface area contributed by atoms with Crippen LogP contribution in [0.4, 0.5) is 0 Å². The number of carbonyl (C=O) groups is 1. The average Bonchev–Trinajstić information content (AvgIpc) is 3.20. The molecule has 0 saturated heterocycles. The molecule has 0 aromatic rings. The highest BCUT2D eigenvalue weighted by atomic mass is 16.5. The largest absolute Gasteiger partial charge is 0.465 e. The number of ether oxygens (including phenoxy) is 1. The zero-order valence-electron chi connectivity index (χ0n) is 39.5. The van der Waals surface area contributed by atoms with Gasteiger partial charge >= 0.3 is 5.97 Å². The number of hydrogen-bond donors (Lipinski definition) is 0. The Kier molecular flexibility index (Phi) is 50.1. The zero-order valence-corrected chi connectivity index (χ0v) is 39.5. The van der Waals surface area contributed by atoms with Crippen molar-refractivity contribution < 1.29 is 9.53 Å². The van der Waals surface area contributed by atoms with Crippen molar-refractivity contribution in [2.24, 2.45) is 5.92 Å². The summed E-state index contributed by atoms with van der Waals surface area (Å²) in [4.78, 5) is 12.7. The number of carbonyl (C=O) groups excluding carboxylic acids is 1. The smallest absolute Gasteiger partial charge is 0.305 e. The maximum Gasteiger partial charge on any atom is 0.305 e. The molecule has 0 aromatic carbocycles. The number of unbranched alkanes of at least 4 members (excludes halogenated alkanes) is 42. The minimum atomic E-state index is 0.0672. The van der Waals surface area contributed by atoms with Crippen LogP contribution in [0.15, 0.2) is 0 Å². The molecule has 0 rings (SSSR count). The van der Waals surface area contributed by atoms with Crippen LogP contribution in [-0.4, -0.2) is 12.6 Å². The van der Waals surface area contributed by atoms with Crippen LogP contribution >= 0.6 is 0 Å². The summed E-state index contributed by atoms with van der Waals surface area (Å²) in [5.41, 5.74) is 0. The van der Waals surface area contributed by atoms with Gasteiger partial charge in [-0.25, -0.2) is 0 Å². The van der Waals surface area contributed by atoms with Gasteiger partial charge in [-0.2, -0.15) is 0 Å². The Morgan fingerprint density at radius 1 is 0.286 bits per heavy atom. The third kappa shape index (κ3) is 47.8. The van der Waals surface area contributed by atoms with Gasteiger partial charge in [0.15, 0.2) is 0 Å². The van der Waals surface area contributed by atoms with E-state index in [-0.39, 0.29) is 5.97 Å². The lowest BCUT2D eigenvalue weighted by Crippen LogP contribution is -2.14. The summed E-state index contributed by atoms with van der Waals surface area (Å²) in [5.74, 6) is 0.641. The van der Waals surface area contributed by atoms with E-state index in [4.69, 9.17) is 4.74 Å². The van der Waals surface area contributed by atoms with E-state index < -0.39 is 0 Å². The zero-order chi connectivity index (χ0) is 40.5. The summed E-state index contributed by atoms with van der Waals surface area (Å²) in [5, 5.41) is 0. The molecule has 0 bridgehead atoms. The van der Waals surface area contributed by atoms with Crippen LogP contribution in [0.25, 0.3) is 0 Å². The lowest BCUT2D eigenvalue weighted by Gasteiger charge is -2.17. The van der Waals surface area contributed by atoms with Crippen LogP contribution in [-0.2, 0) is 9.53 Å². The molecule has 0 radical (unpaired) electrons. The van der Waals surface area contributed by atoms with Crippen LogP contribution in [0.3, 0.4) is 0 Å². The van der Waals surface area contributed by atoms with E-state index in [1.54, 1.807) is 0 Å². The molecule has 0 spiro atoms. The topological polar surface area (TPSA) is 26.3 Å². The maximum atomic E-state index is 12.7. The van der Waals surface area contributed by atoms with Crippen LogP contribution < -0.4 is 0 Å². The van der Waals surface area contributed by atoms with Crippen LogP contribution in [0.5, 0.6) is 0 Å². The van der Waals surface area contributed by atoms with Gasteiger partial charge in [-0.1, -0.05) is 303 Å². The van der Waals surface area contributed by atoms with Crippen molar-refractivity contribution in [2.75, 3.05) is 6.61 Å². The molecule has 0 amide bonds. The average molecular weight is 789 g/mol. The van der Waals surface area contributed by atoms with Gasteiger partial charge in [0, 0.05) is 6.42 Å². The predicted octanol–water partition coefficient (Wildman–Crippen LogP) is 19.9. The molecule has 0 aliphatic heterocycles. The fourth-order valence-electron chi connectivity index (χ4n) is 8.84. The number of esters is 1. The van der Waals surface area contributed by atoms with Gasteiger partial charge in [-0.3, -0.25) is 4.79 Å². The highest BCUT2D eigenvalue weighted by molar-refractivity contribution is 5.69. The molecule has 56 heavy (non-hydrogen) atoms. The fraction of sp³-hybridized carbons (Fsp3) is 0.981. The third-order valence-corrected chi connectivity index (χ3v) is 12.9. The second-order valence-electron chi connectivity index (χ2n) is 18.7. The van der Waals surface area contributed by atoms with Gasteiger partial charge in [-0.15, -0.1) is 0 Å². The molecular weight excluding hydrogens is 681 g/mol. The molecule has 0 aromatic heterocycles. The Bertz CT molecular complexity index is 703. The Morgan fingerprint density at radius 2 is 0.482 bits per heavy atom. The quantitative estimate of drug-likeness (QED) is 0.0453. The van der Waals surface area contributed by atoms with E-state index in [1.807, 2.05) is 0 Å². The predicted molar refractivity (Wildman–Crippen MR) is 253 cm³/mol. The van der Waals surface area contributed by atoms with Crippen molar-refractivity contribution in [2.45, 2.75) is 329 Å². The van der Waals surface area contributed by atoms with Crippen molar-refractivity contribution in [3.63, 3.8) is 0 Å². The highest BCUT2D eigenvalue weighted by Crippen LogP contribution is 2.22. The number of rotatable bonds is 50. The van der Waals surface area contributed by atoms with Crippen molar-refractivity contribution >= 4 is 5.97 Å². The summed E-state index contributed by atoms with van der Waals surface area (Å²) in [6.07, 6.45) is 66.2. The Balaban J connectivity index is 3.97. The first-order valence-corrected chi connectivity index (χ1v) is 26.9. The van der Waals surface area contributed by atoms with Gasteiger partial charge < -0.3 is 4.74 Å². The monoisotopic (exact) mass is 789 g/mol. The van der Waals surface area contributed by atoms with E-state index in [1.165, 1.54) is 295 Å². The Hall–Kier alpha value is -0.530. The Labute approximate surface area is 355 Å². The summed E-state index contributed by atoms with van der Waals surface area (Å²) in [6.45, 7) is 7.59. The molecule has 336 valence electrons. The molecular formula is C54H108O2. The van der Waals surface area contributed by atoms with Crippen molar-refractivity contribution in [3.05, 3.63) is 0 Å². The molecule has 2 heteroatoms. The van der Waals surface area contributed by atoms with Crippen molar-refractivity contribution in [1.82, 2.24) is 0 Å². The van der Waals surface area contributed by atoms with Crippen molar-refractivity contribution in [1.29, 1.82) is 0 Å². The minimum Gasteiger partial charge on any atom is -0.465 e. The SMILES string of the molecule is CCCCCCCCCCCCCCCCCCCCCC(=O)OCC(CCCCCCCCCCCCCC)CCCCCCCCCCCCCCCC. The van der Waals surface area contributed by atoms with Gasteiger partial charge in [0.25, 0.3) is 0 Å². The molecule has 0 aliphatic rings. The van der Waals surface area contributed by atoms with E-state index in [0.29, 0.717) is 18.9 Å². The molecule has 0 N–H and O–H groups in total. The standard InChI is InChI=1S/C54H108O2/c1-4-7-10-13-16-19-22-25-27-28-29-30-31-33-36-39-42-45-48-51-54(55)56-52-53(49-46-43-40-37-34-24-21-18-15-12-9-6-3)50-47-44-41-38-35-32-26-23-20-17-14-11-8-5-2/h53H,4-52H2,1-3H3. The van der Waals surface area contributed by atoms with Gasteiger partial charge in [0.05, 0.1) is 6.61 Å². The fourth-order valence-corrected chi connectivity index (χ4v) is 8.84. The van der Waals surface area contributed by atoms with E-state index in [0.717, 1.165) is 6.42 Å². The lowest BCUT2D eigenvalue weighted by atomic mass is 9.94. The molecule has 1 unspecified atom stereocenters. The lowest BCUT2D eigenvalue weighted by molar-refractivity contribution is -0.145. The van der Waals surface area contributed by atoms with E-state index in [2.05, 4.69) is 20.8 Å². The molecule has 1 atom stereocenters. The Morgan fingerprint density at radius 3 is 0.714 bits per heavy atom. The van der Waals surface area contributed by atoms with Crippen molar-refractivity contribution in [3.8, 4) is 0 Å². The van der Waals surface area contributed by atoms with E-state index in [9.17, 15) is 4.79 Å². The second kappa shape index (κ2) is 50.6. The van der Waals surface area contributed by atoms with Gasteiger partial charge in [0.2, 0.25) is 0 Å². The van der Waals surface area contributed by atoms with Crippen LogP contribution in [0, 0.1) is 5.92 Å². The summed E-state index contributed by atoms with van der Waals surface area (Å²) < 4.78 is 5.93. The first kappa shape index (κ1) is 55.5. The first-order valence-electron chi connectivity index (χ1n) is 26.9. The third-order valence-electron chi connectivity index (χ3n) is 12.9. The highest BCUT2D eigenvalue weighted by Gasteiger charge is 2.12. The van der Waals surface area contributed by atoms with Crippen LogP contribution in [0.1, 0.15) is 329 Å². The summed E-state index contributed by atoms with van der Waals surface area (Å²) >= 11 is 0.